The number of rotatable bonds is 8. The molecule has 1 fully saturated rings. The van der Waals surface area contributed by atoms with Crippen LogP contribution in [-0.2, 0) is 14.8 Å². The Morgan fingerprint density at radius 2 is 1.74 bits per heavy atom. The molecule has 150 valence electrons. The number of carbonyl (C=O) groups excluding carboxylic acids is 2. The highest BCUT2D eigenvalue weighted by molar-refractivity contribution is 7.88. The molecule has 0 bridgehead atoms. The lowest BCUT2D eigenvalue weighted by Gasteiger charge is -2.35. The highest BCUT2D eigenvalue weighted by Gasteiger charge is 2.30. The van der Waals surface area contributed by atoms with Gasteiger partial charge in [0, 0.05) is 31.7 Å². The van der Waals surface area contributed by atoms with Crippen molar-refractivity contribution in [2.45, 2.75) is 25.3 Å². The number of unbranched alkanes of at least 4 members (excludes halogenated alkanes) is 1. The first-order valence-electron chi connectivity index (χ1n) is 9.13. The van der Waals surface area contributed by atoms with Gasteiger partial charge < -0.3 is 16.0 Å². The summed E-state index contributed by atoms with van der Waals surface area (Å²) in [6, 6.07) is 8.11. The van der Waals surface area contributed by atoms with Gasteiger partial charge in [0.1, 0.15) is 6.04 Å². The third kappa shape index (κ3) is 6.30. The van der Waals surface area contributed by atoms with Gasteiger partial charge in [-0.15, -0.1) is 0 Å². The Morgan fingerprint density at radius 1 is 1.11 bits per heavy atom. The summed E-state index contributed by atoms with van der Waals surface area (Å²) in [6.45, 7) is 1.71. The van der Waals surface area contributed by atoms with Crippen LogP contribution >= 0.6 is 0 Å². The molecule has 1 aliphatic heterocycles. The van der Waals surface area contributed by atoms with Gasteiger partial charge in [-0.3, -0.25) is 9.59 Å². The summed E-state index contributed by atoms with van der Waals surface area (Å²) in [5.41, 5.74) is 6.03. The Kier molecular flexibility index (Phi) is 7.76. The Hall–Kier alpha value is -1.97. The lowest BCUT2D eigenvalue weighted by Crippen LogP contribution is -2.55. The fraction of sp³-hybridized carbons (Fsp3) is 0.556. The molecule has 0 aliphatic carbocycles. The zero-order valence-corrected chi connectivity index (χ0v) is 16.5. The van der Waals surface area contributed by atoms with Crippen molar-refractivity contribution in [1.82, 2.24) is 14.5 Å². The molecule has 1 aliphatic rings. The molecule has 2 amide bonds. The number of sulfonamides is 1. The van der Waals surface area contributed by atoms with Crippen LogP contribution in [-0.4, -0.2) is 74.5 Å². The van der Waals surface area contributed by atoms with E-state index in [0.717, 1.165) is 12.8 Å². The van der Waals surface area contributed by atoms with Crippen molar-refractivity contribution < 1.29 is 18.0 Å². The second kappa shape index (κ2) is 9.82. The first-order valence-corrected chi connectivity index (χ1v) is 11.0. The van der Waals surface area contributed by atoms with Gasteiger partial charge in [-0.05, 0) is 37.9 Å². The Bertz CT molecular complexity index is 731. The second-order valence-electron chi connectivity index (χ2n) is 6.66. The fourth-order valence-electron chi connectivity index (χ4n) is 3.04. The third-order valence-electron chi connectivity index (χ3n) is 4.61. The number of nitrogens with one attached hydrogen (secondary N) is 1. The SMILES string of the molecule is CS(=O)(=O)N1CCN(C(=O)[C@H](CCCCN)NC(=O)c2ccccc2)CC1. The molecule has 1 saturated heterocycles. The molecule has 0 spiro atoms. The van der Waals surface area contributed by atoms with E-state index in [1.54, 1.807) is 29.2 Å². The van der Waals surface area contributed by atoms with Gasteiger partial charge in [0.15, 0.2) is 0 Å². The van der Waals surface area contributed by atoms with E-state index in [9.17, 15) is 18.0 Å². The van der Waals surface area contributed by atoms with Crippen molar-refractivity contribution in [2.75, 3.05) is 39.0 Å². The standard InChI is InChI=1S/C18H28N4O4S/c1-27(25,26)22-13-11-21(12-14-22)18(24)16(9-5-6-10-19)20-17(23)15-7-3-2-4-8-15/h2-4,7-8,16H,5-6,9-14,19H2,1H3,(H,20,23)/t16-/m0/s1. The maximum absolute atomic E-state index is 12.9. The topological polar surface area (TPSA) is 113 Å². The number of hydrogen-bond acceptors (Lipinski definition) is 5. The Labute approximate surface area is 160 Å². The Balaban J connectivity index is 2.02. The summed E-state index contributed by atoms with van der Waals surface area (Å²) >= 11 is 0. The molecule has 1 heterocycles. The number of hydrogen-bond donors (Lipinski definition) is 2. The normalized spacial score (nSPS) is 16.7. The minimum Gasteiger partial charge on any atom is -0.340 e. The number of piperazine rings is 1. The van der Waals surface area contributed by atoms with Gasteiger partial charge in [0.2, 0.25) is 15.9 Å². The smallest absolute Gasteiger partial charge is 0.251 e. The highest BCUT2D eigenvalue weighted by atomic mass is 32.2. The van der Waals surface area contributed by atoms with Crippen molar-refractivity contribution in [1.29, 1.82) is 0 Å². The van der Waals surface area contributed by atoms with Crippen LogP contribution in [0.4, 0.5) is 0 Å². The molecule has 0 aromatic heterocycles. The number of amides is 2. The average molecular weight is 397 g/mol. The van der Waals surface area contributed by atoms with E-state index >= 15 is 0 Å². The molecule has 1 atom stereocenters. The summed E-state index contributed by atoms with van der Waals surface area (Å²) in [7, 11) is -3.26. The van der Waals surface area contributed by atoms with Crippen LogP contribution in [0.15, 0.2) is 30.3 Å². The third-order valence-corrected chi connectivity index (χ3v) is 5.91. The zero-order chi connectivity index (χ0) is 19.9. The van der Waals surface area contributed by atoms with E-state index in [2.05, 4.69) is 5.32 Å². The monoisotopic (exact) mass is 396 g/mol. The average Bonchev–Trinajstić information content (AvgIpc) is 2.67. The molecule has 2 rings (SSSR count). The molecule has 27 heavy (non-hydrogen) atoms. The van der Waals surface area contributed by atoms with E-state index in [1.807, 2.05) is 6.07 Å². The van der Waals surface area contributed by atoms with E-state index in [0.29, 0.717) is 31.6 Å². The first-order chi connectivity index (χ1) is 12.8. The predicted molar refractivity (Wildman–Crippen MR) is 104 cm³/mol. The van der Waals surface area contributed by atoms with E-state index < -0.39 is 16.1 Å². The van der Waals surface area contributed by atoms with Crippen LogP contribution in [0.5, 0.6) is 0 Å². The molecular formula is C18H28N4O4S. The molecule has 0 unspecified atom stereocenters. The number of nitrogens with zero attached hydrogens (tertiary/aromatic N) is 2. The van der Waals surface area contributed by atoms with Crippen LogP contribution in [0.1, 0.15) is 29.6 Å². The maximum atomic E-state index is 12.9. The van der Waals surface area contributed by atoms with E-state index in [4.69, 9.17) is 5.73 Å². The number of carbonyl (C=O) groups is 2. The lowest BCUT2D eigenvalue weighted by molar-refractivity contribution is -0.134. The minimum absolute atomic E-state index is 0.176. The van der Waals surface area contributed by atoms with Crippen LogP contribution in [0, 0.1) is 0 Å². The van der Waals surface area contributed by atoms with Gasteiger partial charge in [-0.1, -0.05) is 18.2 Å². The van der Waals surface area contributed by atoms with Gasteiger partial charge in [-0.2, -0.15) is 4.31 Å². The lowest BCUT2D eigenvalue weighted by atomic mass is 10.1. The summed E-state index contributed by atoms with van der Waals surface area (Å²) < 4.78 is 24.6. The van der Waals surface area contributed by atoms with E-state index in [1.165, 1.54) is 10.6 Å². The van der Waals surface area contributed by atoms with Crippen molar-refractivity contribution in [2.24, 2.45) is 5.73 Å². The molecular weight excluding hydrogens is 368 g/mol. The quantitative estimate of drug-likeness (QED) is 0.602. The Morgan fingerprint density at radius 3 is 2.30 bits per heavy atom. The van der Waals surface area contributed by atoms with Gasteiger partial charge in [-0.25, -0.2) is 8.42 Å². The molecule has 0 radical (unpaired) electrons. The molecule has 3 N–H and O–H groups in total. The zero-order valence-electron chi connectivity index (χ0n) is 15.6. The van der Waals surface area contributed by atoms with E-state index in [-0.39, 0.29) is 24.9 Å². The number of benzene rings is 1. The van der Waals surface area contributed by atoms with Crippen molar-refractivity contribution in [3.8, 4) is 0 Å². The second-order valence-corrected chi connectivity index (χ2v) is 8.65. The maximum Gasteiger partial charge on any atom is 0.251 e. The highest BCUT2D eigenvalue weighted by Crippen LogP contribution is 2.11. The predicted octanol–water partition coefficient (Wildman–Crippen LogP) is 0.0178. The first kappa shape index (κ1) is 21.3. The van der Waals surface area contributed by atoms with Crippen molar-refractivity contribution in [3.63, 3.8) is 0 Å². The summed E-state index contributed by atoms with van der Waals surface area (Å²) in [4.78, 5) is 27.0. The van der Waals surface area contributed by atoms with Gasteiger partial charge in [0.25, 0.3) is 5.91 Å². The van der Waals surface area contributed by atoms with Gasteiger partial charge in [0.05, 0.1) is 6.26 Å². The number of nitrogens with two attached hydrogens (primary N) is 1. The summed E-state index contributed by atoms with van der Waals surface area (Å²) in [5, 5.41) is 2.83. The fourth-order valence-corrected chi connectivity index (χ4v) is 3.87. The van der Waals surface area contributed by atoms with Crippen LogP contribution in [0.25, 0.3) is 0 Å². The molecule has 0 saturated carbocycles. The van der Waals surface area contributed by atoms with Crippen LogP contribution in [0.3, 0.4) is 0 Å². The van der Waals surface area contributed by atoms with Crippen molar-refractivity contribution >= 4 is 21.8 Å². The molecule has 8 nitrogen and oxygen atoms in total. The van der Waals surface area contributed by atoms with Crippen LogP contribution < -0.4 is 11.1 Å². The summed E-state index contributed by atoms with van der Waals surface area (Å²) in [6.07, 6.45) is 3.17. The summed E-state index contributed by atoms with van der Waals surface area (Å²) in [5.74, 6) is -0.471. The molecule has 1 aromatic carbocycles. The largest absolute Gasteiger partial charge is 0.340 e. The van der Waals surface area contributed by atoms with Gasteiger partial charge >= 0.3 is 0 Å². The van der Waals surface area contributed by atoms with Crippen molar-refractivity contribution in [3.05, 3.63) is 35.9 Å². The minimum atomic E-state index is -3.26. The van der Waals surface area contributed by atoms with Crippen LogP contribution in [0.2, 0.25) is 0 Å². The molecule has 9 heteroatoms. The molecule has 1 aromatic rings.